The van der Waals surface area contributed by atoms with Gasteiger partial charge in [-0.1, -0.05) is 12.1 Å². The lowest BCUT2D eigenvalue weighted by Gasteiger charge is -2.53. The Morgan fingerprint density at radius 3 is 2.29 bits per heavy atom. The minimum absolute atomic E-state index is 0.00551. The van der Waals surface area contributed by atoms with Crippen LogP contribution in [0.4, 0.5) is 4.79 Å². The molecular formula is C29H40N6O3. The number of rotatable bonds is 6. The van der Waals surface area contributed by atoms with Crippen LogP contribution < -0.4 is 10.6 Å². The van der Waals surface area contributed by atoms with E-state index in [1.165, 1.54) is 17.7 Å². The molecule has 3 heterocycles. The Hall–Kier alpha value is -3.33. The number of piperidine rings is 1. The summed E-state index contributed by atoms with van der Waals surface area (Å²) in [5.74, 6) is 0.403. The summed E-state index contributed by atoms with van der Waals surface area (Å²) >= 11 is 0. The van der Waals surface area contributed by atoms with Crippen LogP contribution in [0.2, 0.25) is 0 Å². The van der Waals surface area contributed by atoms with Gasteiger partial charge in [0.05, 0.1) is 5.54 Å². The second-order valence-corrected chi connectivity index (χ2v) is 11.2. The van der Waals surface area contributed by atoms with Crippen molar-refractivity contribution in [2.45, 2.75) is 50.7 Å². The Labute approximate surface area is 225 Å². The highest BCUT2D eigenvalue weighted by Gasteiger charge is 2.48. The molecule has 0 atom stereocenters. The van der Waals surface area contributed by atoms with Gasteiger partial charge in [0.2, 0.25) is 0 Å². The normalized spacial score (nSPS) is 19.0. The second-order valence-electron chi connectivity index (χ2n) is 11.2. The van der Waals surface area contributed by atoms with Gasteiger partial charge in [-0.15, -0.1) is 0 Å². The van der Waals surface area contributed by atoms with Gasteiger partial charge in [-0.2, -0.15) is 0 Å². The number of nitrogens with zero attached hydrogens (tertiary/aromatic N) is 4. The van der Waals surface area contributed by atoms with Gasteiger partial charge in [0, 0.05) is 71.7 Å². The van der Waals surface area contributed by atoms with Crippen molar-refractivity contribution in [1.29, 1.82) is 0 Å². The SMILES string of the molecule is CNC(=O)N1CCC(CNC(=O)c2ccc3n2CCN(Cc2ccc(C(=O)N(C)C)cc2)C32CCC2)CC1. The maximum Gasteiger partial charge on any atom is 0.317 e. The third-order valence-electron chi connectivity index (χ3n) is 8.72. The topological polar surface area (TPSA) is 89.9 Å². The quantitative estimate of drug-likeness (QED) is 0.613. The Kier molecular flexibility index (Phi) is 7.47. The van der Waals surface area contributed by atoms with Crippen molar-refractivity contribution >= 4 is 17.8 Å². The van der Waals surface area contributed by atoms with Gasteiger partial charge in [-0.25, -0.2) is 4.79 Å². The van der Waals surface area contributed by atoms with Gasteiger partial charge in [0.1, 0.15) is 5.69 Å². The predicted octanol–water partition coefficient (Wildman–Crippen LogP) is 2.87. The van der Waals surface area contributed by atoms with E-state index in [1.54, 1.807) is 26.0 Å². The molecule has 1 aromatic carbocycles. The van der Waals surface area contributed by atoms with Crippen molar-refractivity contribution in [1.82, 2.24) is 29.9 Å². The molecule has 38 heavy (non-hydrogen) atoms. The van der Waals surface area contributed by atoms with Crippen LogP contribution in [-0.2, 0) is 18.6 Å². The fraction of sp³-hybridized carbons (Fsp3) is 0.552. The average molecular weight is 521 g/mol. The Morgan fingerprint density at radius 2 is 1.68 bits per heavy atom. The summed E-state index contributed by atoms with van der Waals surface area (Å²) in [5.41, 5.74) is 3.88. The smallest absolute Gasteiger partial charge is 0.317 e. The highest BCUT2D eigenvalue weighted by molar-refractivity contribution is 5.94. The summed E-state index contributed by atoms with van der Waals surface area (Å²) < 4.78 is 2.23. The monoisotopic (exact) mass is 520 g/mol. The molecule has 204 valence electrons. The maximum atomic E-state index is 13.2. The number of likely N-dealkylation sites (tertiary alicyclic amines) is 1. The van der Waals surface area contributed by atoms with E-state index < -0.39 is 0 Å². The van der Waals surface area contributed by atoms with Gasteiger partial charge in [-0.3, -0.25) is 14.5 Å². The van der Waals surface area contributed by atoms with Crippen LogP contribution in [0.1, 0.15) is 64.2 Å². The Bertz CT molecular complexity index is 1180. The molecule has 1 spiro atoms. The fourth-order valence-electron chi connectivity index (χ4n) is 6.28. The molecular weight excluding hydrogens is 480 g/mol. The summed E-state index contributed by atoms with van der Waals surface area (Å²) in [4.78, 5) is 43.3. The number of hydrogen-bond donors (Lipinski definition) is 2. The van der Waals surface area contributed by atoms with Gasteiger partial charge >= 0.3 is 6.03 Å². The first kappa shape index (κ1) is 26.3. The lowest BCUT2D eigenvalue weighted by Crippen LogP contribution is -2.56. The zero-order chi connectivity index (χ0) is 26.9. The van der Waals surface area contributed by atoms with Crippen LogP contribution in [0.3, 0.4) is 0 Å². The van der Waals surface area contributed by atoms with E-state index in [0.717, 1.165) is 64.1 Å². The maximum absolute atomic E-state index is 13.2. The molecule has 0 radical (unpaired) electrons. The van der Waals surface area contributed by atoms with Crippen molar-refractivity contribution in [2.75, 3.05) is 47.3 Å². The molecule has 1 saturated carbocycles. The number of nitrogens with one attached hydrogen (secondary N) is 2. The zero-order valence-electron chi connectivity index (χ0n) is 22.8. The van der Waals surface area contributed by atoms with Gasteiger partial charge in [-0.05, 0) is 67.9 Å². The molecule has 2 fully saturated rings. The summed E-state index contributed by atoms with van der Waals surface area (Å²) in [6, 6.07) is 12.1. The van der Waals surface area contributed by atoms with Crippen molar-refractivity contribution in [2.24, 2.45) is 5.92 Å². The number of aromatic nitrogens is 1. The van der Waals surface area contributed by atoms with E-state index in [0.29, 0.717) is 18.0 Å². The highest BCUT2D eigenvalue weighted by Crippen LogP contribution is 2.49. The van der Waals surface area contributed by atoms with E-state index in [9.17, 15) is 14.4 Å². The lowest BCUT2D eigenvalue weighted by molar-refractivity contribution is -0.0217. The number of urea groups is 1. The standard InChI is InChI=1S/C29H40N6O3/c1-30-28(38)33-15-11-21(12-16-33)19-31-26(36)24-9-10-25-29(13-4-14-29)34(17-18-35(24)25)20-22-5-7-23(8-6-22)27(37)32(2)3/h5-10,21H,4,11-20H2,1-3H3,(H,30,38)(H,31,36). The molecule has 1 aliphatic carbocycles. The zero-order valence-corrected chi connectivity index (χ0v) is 22.8. The van der Waals surface area contributed by atoms with Gasteiger partial charge in [0.25, 0.3) is 11.8 Å². The van der Waals surface area contributed by atoms with Crippen molar-refractivity contribution in [3.05, 3.63) is 58.9 Å². The van der Waals surface area contributed by atoms with Gasteiger partial charge < -0.3 is 25.0 Å². The van der Waals surface area contributed by atoms with Crippen LogP contribution in [0.5, 0.6) is 0 Å². The summed E-state index contributed by atoms with van der Waals surface area (Å²) in [5, 5.41) is 5.86. The molecule has 1 aromatic heterocycles. The molecule has 2 aromatic rings. The third-order valence-corrected chi connectivity index (χ3v) is 8.72. The van der Waals surface area contributed by atoms with Crippen LogP contribution in [0.25, 0.3) is 0 Å². The summed E-state index contributed by atoms with van der Waals surface area (Å²) in [7, 11) is 5.20. The summed E-state index contributed by atoms with van der Waals surface area (Å²) in [6.45, 7) is 4.61. The molecule has 2 aliphatic heterocycles. The molecule has 2 N–H and O–H groups in total. The number of carbonyl (C=O) groups excluding carboxylic acids is 3. The van der Waals surface area contributed by atoms with E-state index in [2.05, 4.69) is 38.3 Å². The fourth-order valence-corrected chi connectivity index (χ4v) is 6.28. The Balaban J connectivity index is 1.22. The number of benzene rings is 1. The molecule has 1 saturated heterocycles. The largest absolute Gasteiger partial charge is 0.350 e. The number of hydrogen-bond acceptors (Lipinski definition) is 4. The second kappa shape index (κ2) is 10.8. The first-order valence-corrected chi connectivity index (χ1v) is 13.8. The molecule has 4 amide bonds. The molecule has 3 aliphatic rings. The van der Waals surface area contributed by atoms with Crippen LogP contribution in [0, 0.1) is 5.92 Å². The molecule has 0 bridgehead atoms. The minimum Gasteiger partial charge on any atom is -0.350 e. The van der Waals surface area contributed by atoms with Crippen LogP contribution >= 0.6 is 0 Å². The molecule has 5 rings (SSSR count). The molecule has 9 heteroatoms. The van der Waals surface area contributed by atoms with E-state index in [1.807, 2.05) is 23.1 Å². The van der Waals surface area contributed by atoms with E-state index in [-0.39, 0.29) is 23.4 Å². The van der Waals surface area contributed by atoms with E-state index >= 15 is 0 Å². The molecule has 9 nitrogen and oxygen atoms in total. The lowest BCUT2D eigenvalue weighted by atomic mass is 9.71. The van der Waals surface area contributed by atoms with E-state index in [4.69, 9.17) is 0 Å². The summed E-state index contributed by atoms with van der Waals surface area (Å²) in [6.07, 6.45) is 5.19. The average Bonchev–Trinajstić information content (AvgIpc) is 3.35. The first-order valence-electron chi connectivity index (χ1n) is 13.8. The van der Waals surface area contributed by atoms with Crippen LogP contribution in [0.15, 0.2) is 36.4 Å². The van der Waals surface area contributed by atoms with Crippen molar-refractivity contribution in [3.8, 4) is 0 Å². The third kappa shape index (κ3) is 4.91. The van der Waals surface area contributed by atoms with Crippen molar-refractivity contribution in [3.63, 3.8) is 0 Å². The van der Waals surface area contributed by atoms with Crippen LogP contribution in [-0.4, -0.2) is 84.4 Å². The minimum atomic E-state index is -0.0262. The number of fused-ring (bicyclic) bond motifs is 2. The predicted molar refractivity (Wildman–Crippen MR) is 146 cm³/mol. The first-order chi connectivity index (χ1) is 18.3. The number of amides is 4. The number of carbonyl (C=O) groups is 3. The Morgan fingerprint density at radius 1 is 0.974 bits per heavy atom. The van der Waals surface area contributed by atoms with Crippen molar-refractivity contribution < 1.29 is 14.4 Å². The van der Waals surface area contributed by atoms with Gasteiger partial charge in [0.15, 0.2) is 0 Å². The molecule has 0 unspecified atom stereocenters. The highest BCUT2D eigenvalue weighted by atomic mass is 16.2.